The second-order valence-electron chi connectivity index (χ2n) is 6.98. The fourth-order valence-corrected chi connectivity index (χ4v) is 3.09. The van der Waals surface area contributed by atoms with E-state index in [1.54, 1.807) is 61.2 Å². The van der Waals surface area contributed by atoms with Crippen molar-refractivity contribution in [2.75, 3.05) is 24.4 Å². The van der Waals surface area contributed by atoms with Gasteiger partial charge < -0.3 is 9.64 Å². The largest absolute Gasteiger partial charge is 0.453 e. The molecule has 0 aliphatic heterocycles. The van der Waals surface area contributed by atoms with E-state index >= 15 is 0 Å². The van der Waals surface area contributed by atoms with E-state index in [1.165, 1.54) is 24.1 Å². The predicted molar refractivity (Wildman–Crippen MR) is 116 cm³/mol. The van der Waals surface area contributed by atoms with E-state index in [-0.39, 0.29) is 17.4 Å². The summed E-state index contributed by atoms with van der Waals surface area (Å²) in [6, 6.07) is 11.1. The van der Waals surface area contributed by atoms with Gasteiger partial charge in [-0.3, -0.25) is 10.1 Å². The van der Waals surface area contributed by atoms with Crippen LogP contribution in [0.3, 0.4) is 0 Å². The molecule has 0 fully saturated rings. The Kier molecular flexibility index (Phi) is 5.50. The van der Waals surface area contributed by atoms with Crippen LogP contribution in [0.1, 0.15) is 16.1 Å². The van der Waals surface area contributed by atoms with Gasteiger partial charge in [-0.05, 0) is 55.0 Å². The molecule has 4 aromatic rings. The first kappa shape index (κ1) is 20.9. The van der Waals surface area contributed by atoms with Gasteiger partial charge in [0.2, 0.25) is 0 Å². The molecule has 0 aliphatic carbocycles. The zero-order chi connectivity index (χ0) is 22.8. The molecule has 2 amide bonds. The third-order valence-corrected chi connectivity index (χ3v) is 4.89. The maximum Gasteiger partial charge on any atom is 0.412 e. The molecule has 4 rings (SSSR count). The highest BCUT2D eigenvalue weighted by molar-refractivity contribution is 6.04. The molecule has 3 aromatic heterocycles. The highest BCUT2D eigenvalue weighted by atomic mass is 19.1. The van der Waals surface area contributed by atoms with Crippen LogP contribution in [-0.2, 0) is 4.74 Å². The number of carbonyl (C=O) groups is 2. The number of nitrogens with zero attached hydrogens (tertiary/aromatic N) is 5. The lowest BCUT2D eigenvalue weighted by atomic mass is 10.2. The summed E-state index contributed by atoms with van der Waals surface area (Å²) in [5.74, 6) is -0.360. The van der Waals surface area contributed by atoms with Crippen molar-refractivity contribution in [3.63, 3.8) is 0 Å². The molecule has 0 atom stereocenters. The number of amides is 2. The van der Waals surface area contributed by atoms with Gasteiger partial charge in [-0.1, -0.05) is 0 Å². The summed E-state index contributed by atoms with van der Waals surface area (Å²) in [5.41, 5.74) is 3.05. The van der Waals surface area contributed by atoms with E-state index in [1.807, 2.05) is 0 Å². The summed E-state index contributed by atoms with van der Waals surface area (Å²) in [7, 11) is 2.87. The maximum atomic E-state index is 13.6. The average molecular weight is 434 g/mol. The Morgan fingerprint density at radius 2 is 1.91 bits per heavy atom. The number of aryl methyl sites for hydroxylation is 1. The van der Waals surface area contributed by atoms with Crippen molar-refractivity contribution in [1.29, 1.82) is 0 Å². The van der Waals surface area contributed by atoms with Gasteiger partial charge in [-0.25, -0.2) is 23.7 Å². The molecule has 1 N–H and O–H groups in total. The van der Waals surface area contributed by atoms with E-state index in [2.05, 4.69) is 25.1 Å². The topological polar surface area (TPSA) is 102 Å². The van der Waals surface area contributed by atoms with E-state index in [4.69, 9.17) is 0 Å². The van der Waals surface area contributed by atoms with Crippen LogP contribution < -0.4 is 10.2 Å². The molecule has 0 bridgehead atoms. The first-order chi connectivity index (χ1) is 15.4. The van der Waals surface area contributed by atoms with Gasteiger partial charge in [0.1, 0.15) is 17.3 Å². The number of ether oxygens (including phenoxy) is 1. The van der Waals surface area contributed by atoms with Crippen molar-refractivity contribution in [2.45, 2.75) is 6.92 Å². The Labute approximate surface area is 182 Å². The number of fused-ring (bicyclic) bond motifs is 1. The fourth-order valence-electron chi connectivity index (χ4n) is 3.09. The number of carbonyl (C=O) groups excluding carboxylic acids is 2. The molecule has 9 nitrogen and oxygen atoms in total. The molecule has 0 saturated heterocycles. The van der Waals surface area contributed by atoms with Crippen molar-refractivity contribution in [3.05, 3.63) is 71.9 Å². The second-order valence-corrected chi connectivity index (χ2v) is 6.98. The third kappa shape index (κ3) is 3.97. The Morgan fingerprint density at radius 1 is 1.09 bits per heavy atom. The molecule has 0 saturated carbocycles. The summed E-state index contributed by atoms with van der Waals surface area (Å²) in [4.78, 5) is 34.2. The molecule has 10 heteroatoms. The number of nitrogens with one attached hydrogen (secondary N) is 1. The summed E-state index contributed by atoms with van der Waals surface area (Å²) in [6.07, 6.45) is 2.55. The van der Waals surface area contributed by atoms with Crippen LogP contribution in [-0.4, -0.2) is 45.7 Å². The zero-order valence-corrected chi connectivity index (χ0v) is 17.5. The molecule has 162 valence electrons. The van der Waals surface area contributed by atoms with Gasteiger partial charge in [-0.15, -0.1) is 0 Å². The maximum absolute atomic E-state index is 13.6. The first-order valence-corrected chi connectivity index (χ1v) is 9.58. The van der Waals surface area contributed by atoms with Gasteiger partial charge in [0, 0.05) is 24.5 Å². The minimum atomic E-state index is -0.620. The number of pyridine rings is 1. The third-order valence-electron chi connectivity index (χ3n) is 4.89. The van der Waals surface area contributed by atoms with Crippen LogP contribution in [0.4, 0.5) is 20.7 Å². The fraction of sp³-hybridized carbons (Fsp3) is 0.136. The van der Waals surface area contributed by atoms with Gasteiger partial charge in [0.25, 0.3) is 5.91 Å². The Hall–Kier alpha value is -4.34. The summed E-state index contributed by atoms with van der Waals surface area (Å²) < 4.78 is 19.7. The number of aromatic nitrogens is 4. The van der Waals surface area contributed by atoms with Crippen molar-refractivity contribution in [3.8, 4) is 11.3 Å². The van der Waals surface area contributed by atoms with E-state index in [9.17, 15) is 14.0 Å². The number of rotatable bonds is 4. The Morgan fingerprint density at radius 3 is 2.59 bits per heavy atom. The lowest BCUT2D eigenvalue weighted by molar-refractivity contribution is 0.0987. The predicted octanol–water partition coefficient (Wildman–Crippen LogP) is 3.69. The molecule has 3 heterocycles. The highest BCUT2D eigenvalue weighted by Crippen LogP contribution is 2.22. The average Bonchev–Trinajstić information content (AvgIpc) is 3.23. The standard InChI is InChI=1S/C22H19FN6O3/c1-13-10-15(5-6-16(13)23)28(2)21(30)17-7-9-20-25-12-18(29(20)27-17)14-4-8-19(24-11-14)26-22(31)32-3/h4-12H,1-3H3,(H,24,26,31). The number of hydrogen-bond acceptors (Lipinski definition) is 6. The minimum Gasteiger partial charge on any atom is -0.453 e. The van der Waals surface area contributed by atoms with Crippen molar-refractivity contribution in [1.82, 2.24) is 19.6 Å². The number of anilines is 2. The summed E-state index contributed by atoms with van der Waals surface area (Å²) >= 11 is 0. The number of hydrogen-bond donors (Lipinski definition) is 1. The molecule has 0 radical (unpaired) electrons. The molecule has 1 aromatic carbocycles. The lowest BCUT2D eigenvalue weighted by Crippen LogP contribution is -2.27. The van der Waals surface area contributed by atoms with E-state index in [0.29, 0.717) is 34.0 Å². The van der Waals surface area contributed by atoms with Crippen molar-refractivity contribution in [2.24, 2.45) is 0 Å². The Balaban J connectivity index is 1.64. The van der Waals surface area contributed by atoms with Gasteiger partial charge in [-0.2, -0.15) is 5.10 Å². The number of benzene rings is 1. The number of methoxy groups -OCH3 is 1. The summed E-state index contributed by atoms with van der Waals surface area (Å²) in [5, 5.41) is 6.93. The normalized spacial score (nSPS) is 10.8. The summed E-state index contributed by atoms with van der Waals surface area (Å²) in [6.45, 7) is 1.64. The van der Waals surface area contributed by atoms with Crippen molar-refractivity contribution >= 4 is 29.2 Å². The van der Waals surface area contributed by atoms with Crippen LogP contribution in [0.2, 0.25) is 0 Å². The van der Waals surface area contributed by atoms with Gasteiger partial charge in [0.05, 0.1) is 19.0 Å². The molecule has 0 aliphatic rings. The highest BCUT2D eigenvalue weighted by Gasteiger charge is 2.18. The minimum absolute atomic E-state index is 0.193. The monoisotopic (exact) mass is 434 g/mol. The lowest BCUT2D eigenvalue weighted by Gasteiger charge is -2.17. The molecule has 32 heavy (non-hydrogen) atoms. The van der Waals surface area contributed by atoms with Crippen LogP contribution in [0.5, 0.6) is 0 Å². The van der Waals surface area contributed by atoms with Crippen LogP contribution in [0, 0.1) is 12.7 Å². The Bertz CT molecular complexity index is 1320. The van der Waals surface area contributed by atoms with Crippen molar-refractivity contribution < 1.29 is 18.7 Å². The van der Waals surface area contributed by atoms with Crippen LogP contribution >= 0.6 is 0 Å². The second kappa shape index (κ2) is 8.42. The molecule has 0 unspecified atom stereocenters. The van der Waals surface area contributed by atoms with Gasteiger partial charge >= 0.3 is 6.09 Å². The van der Waals surface area contributed by atoms with E-state index < -0.39 is 6.09 Å². The smallest absolute Gasteiger partial charge is 0.412 e. The van der Waals surface area contributed by atoms with Gasteiger partial charge in [0.15, 0.2) is 5.65 Å². The number of halogens is 1. The van der Waals surface area contributed by atoms with Crippen LogP contribution in [0.15, 0.2) is 54.9 Å². The molecular formula is C22H19FN6O3. The van der Waals surface area contributed by atoms with E-state index in [0.717, 1.165) is 0 Å². The quantitative estimate of drug-likeness (QED) is 0.526. The SMILES string of the molecule is COC(=O)Nc1ccc(-c2cnc3ccc(C(=O)N(C)c4ccc(F)c(C)c4)nn23)cn1. The molecule has 0 spiro atoms. The van der Waals surface area contributed by atoms with Crippen LogP contribution in [0.25, 0.3) is 16.9 Å². The number of imidazole rings is 1. The first-order valence-electron chi connectivity index (χ1n) is 9.58. The molecular weight excluding hydrogens is 415 g/mol. The zero-order valence-electron chi connectivity index (χ0n) is 17.5.